The average molecular weight is 192 g/mol. The van der Waals surface area contributed by atoms with Crippen molar-refractivity contribution < 1.29 is 9.59 Å². The van der Waals surface area contributed by atoms with Crippen molar-refractivity contribution in [1.82, 2.24) is 9.97 Å². The van der Waals surface area contributed by atoms with Crippen LogP contribution in [0.1, 0.15) is 41.7 Å². The van der Waals surface area contributed by atoms with E-state index in [1.165, 1.54) is 19.3 Å². The number of rotatable bonds is 3. The molecular formula is C10H12N2O2. The summed E-state index contributed by atoms with van der Waals surface area (Å²) in [5, 5.41) is 0. The standard InChI is InChI=1S/C10H12N2O2/c1-6(2)10(14)9-5-11-8(4-12-9)7(3)13/h4-6H,1-3H3. The fraction of sp³-hybridized carbons (Fsp3) is 0.400. The number of aromatic nitrogens is 2. The minimum absolute atomic E-state index is 0.0624. The molecule has 0 aliphatic rings. The van der Waals surface area contributed by atoms with Crippen molar-refractivity contribution >= 4 is 11.6 Å². The molecule has 0 N–H and O–H groups in total. The van der Waals surface area contributed by atoms with E-state index in [4.69, 9.17) is 0 Å². The normalized spacial score (nSPS) is 10.3. The molecule has 0 saturated heterocycles. The lowest BCUT2D eigenvalue weighted by molar-refractivity contribution is 0.0931. The molecule has 1 aromatic rings. The highest BCUT2D eigenvalue weighted by molar-refractivity contribution is 5.96. The lowest BCUT2D eigenvalue weighted by atomic mass is 10.1. The fourth-order valence-corrected chi connectivity index (χ4v) is 0.933. The molecule has 0 bridgehead atoms. The van der Waals surface area contributed by atoms with Gasteiger partial charge in [-0.15, -0.1) is 0 Å². The van der Waals surface area contributed by atoms with Gasteiger partial charge in [-0.3, -0.25) is 9.59 Å². The van der Waals surface area contributed by atoms with Gasteiger partial charge in [-0.05, 0) is 0 Å². The Bertz CT molecular complexity index is 355. The topological polar surface area (TPSA) is 59.9 Å². The molecule has 0 aliphatic heterocycles. The minimum atomic E-state index is -0.152. The summed E-state index contributed by atoms with van der Waals surface area (Å²) in [5.41, 5.74) is 0.593. The van der Waals surface area contributed by atoms with E-state index in [2.05, 4.69) is 9.97 Å². The summed E-state index contributed by atoms with van der Waals surface area (Å²) in [6.45, 7) is 5.00. The van der Waals surface area contributed by atoms with E-state index in [1.807, 2.05) is 0 Å². The molecule has 1 aromatic heterocycles. The Kier molecular flexibility index (Phi) is 3.06. The molecule has 0 radical (unpaired) electrons. The van der Waals surface area contributed by atoms with Crippen LogP contribution in [0.25, 0.3) is 0 Å². The summed E-state index contributed by atoms with van der Waals surface area (Å²) in [5.74, 6) is -0.318. The van der Waals surface area contributed by atoms with Crippen molar-refractivity contribution in [2.75, 3.05) is 0 Å². The van der Waals surface area contributed by atoms with Crippen molar-refractivity contribution in [3.63, 3.8) is 0 Å². The summed E-state index contributed by atoms with van der Waals surface area (Å²) >= 11 is 0. The van der Waals surface area contributed by atoms with Crippen LogP contribution in [0, 0.1) is 5.92 Å². The molecule has 0 atom stereocenters. The predicted molar refractivity (Wildman–Crippen MR) is 51.2 cm³/mol. The van der Waals surface area contributed by atoms with Gasteiger partial charge in [-0.25, -0.2) is 9.97 Å². The molecule has 0 saturated carbocycles. The van der Waals surface area contributed by atoms with Crippen LogP contribution in [-0.2, 0) is 0 Å². The van der Waals surface area contributed by atoms with Crippen LogP contribution in [0.4, 0.5) is 0 Å². The minimum Gasteiger partial charge on any atom is -0.293 e. The Balaban J connectivity index is 2.94. The van der Waals surface area contributed by atoms with Gasteiger partial charge in [0.15, 0.2) is 11.6 Å². The molecule has 4 heteroatoms. The van der Waals surface area contributed by atoms with Crippen LogP contribution < -0.4 is 0 Å². The van der Waals surface area contributed by atoms with Gasteiger partial charge in [-0.2, -0.15) is 0 Å². The Morgan fingerprint density at radius 2 is 1.64 bits per heavy atom. The second kappa shape index (κ2) is 4.09. The zero-order valence-electron chi connectivity index (χ0n) is 8.44. The zero-order chi connectivity index (χ0) is 10.7. The van der Waals surface area contributed by atoms with Crippen molar-refractivity contribution in [3.8, 4) is 0 Å². The monoisotopic (exact) mass is 192 g/mol. The molecule has 74 valence electrons. The SMILES string of the molecule is CC(=O)c1cnc(C(=O)C(C)C)cn1. The number of carbonyl (C=O) groups is 2. The van der Waals surface area contributed by atoms with E-state index in [0.29, 0.717) is 5.69 Å². The first-order chi connectivity index (χ1) is 6.52. The van der Waals surface area contributed by atoms with Crippen molar-refractivity contribution in [3.05, 3.63) is 23.8 Å². The third-order valence-electron chi connectivity index (χ3n) is 1.79. The average Bonchev–Trinajstić information content (AvgIpc) is 2.16. The molecule has 0 aliphatic carbocycles. The van der Waals surface area contributed by atoms with E-state index in [9.17, 15) is 9.59 Å². The molecule has 0 aromatic carbocycles. The van der Waals surface area contributed by atoms with Crippen LogP contribution >= 0.6 is 0 Å². The third kappa shape index (κ3) is 2.22. The van der Waals surface area contributed by atoms with Crippen LogP contribution in [0.5, 0.6) is 0 Å². The van der Waals surface area contributed by atoms with Gasteiger partial charge in [0.05, 0.1) is 12.4 Å². The fourth-order valence-electron chi connectivity index (χ4n) is 0.933. The van der Waals surface area contributed by atoms with Crippen molar-refractivity contribution in [1.29, 1.82) is 0 Å². The molecule has 0 fully saturated rings. The highest BCUT2D eigenvalue weighted by Crippen LogP contribution is 2.04. The van der Waals surface area contributed by atoms with Gasteiger partial charge in [0.25, 0.3) is 0 Å². The maximum atomic E-state index is 11.4. The summed E-state index contributed by atoms with van der Waals surface area (Å²) in [6.07, 6.45) is 2.68. The van der Waals surface area contributed by atoms with Crippen LogP contribution in [0.2, 0.25) is 0 Å². The largest absolute Gasteiger partial charge is 0.293 e. The number of hydrogen-bond donors (Lipinski definition) is 0. The van der Waals surface area contributed by atoms with E-state index in [0.717, 1.165) is 0 Å². The summed E-state index contributed by atoms with van der Waals surface area (Å²) < 4.78 is 0. The first-order valence-electron chi connectivity index (χ1n) is 4.39. The Hall–Kier alpha value is -1.58. The lowest BCUT2D eigenvalue weighted by Crippen LogP contribution is -2.11. The van der Waals surface area contributed by atoms with Gasteiger partial charge in [-0.1, -0.05) is 13.8 Å². The number of ketones is 2. The van der Waals surface area contributed by atoms with Gasteiger partial charge in [0, 0.05) is 12.8 Å². The summed E-state index contributed by atoms with van der Waals surface area (Å²) in [7, 11) is 0. The number of nitrogens with zero attached hydrogens (tertiary/aromatic N) is 2. The van der Waals surface area contributed by atoms with Crippen LogP contribution in [0.3, 0.4) is 0 Å². The highest BCUT2D eigenvalue weighted by Gasteiger charge is 2.12. The molecule has 0 spiro atoms. The van der Waals surface area contributed by atoms with Crippen molar-refractivity contribution in [2.24, 2.45) is 5.92 Å². The molecule has 0 unspecified atom stereocenters. The molecule has 0 amide bonds. The van der Waals surface area contributed by atoms with E-state index < -0.39 is 0 Å². The Morgan fingerprint density at radius 3 is 2.00 bits per heavy atom. The lowest BCUT2D eigenvalue weighted by Gasteiger charge is -2.02. The van der Waals surface area contributed by atoms with Gasteiger partial charge in [0.1, 0.15) is 11.4 Å². The zero-order valence-corrected chi connectivity index (χ0v) is 8.44. The van der Waals surface area contributed by atoms with Crippen molar-refractivity contribution in [2.45, 2.75) is 20.8 Å². The van der Waals surface area contributed by atoms with Crippen LogP contribution in [-0.4, -0.2) is 21.5 Å². The molecule has 14 heavy (non-hydrogen) atoms. The van der Waals surface area contributed by atoms with E-state index in [-0.39, 0.29) is 23.2 Å². The quantitative estimate of drug-likeness (QED) is 0.681. The van der Waals surface area contributed by atoms with Gasteiger partial charge in [0.2, 0.25) is 0 Å². The maximum Gasteiger partial charge on any atom is 0.185 e. The predicted octanol–water partition coefficient (Wildman–Crippen LogP) is 1.52. The molecule has 4 nitrogen and oxygen atoms in total. The second-order valence-corrected chi connectivity index (χ2v) is 3.36. The first-order valence-corrected chi connectivity index (χ1v) is 4.39. The first kappa shape index (κ1) is 10.5. The maximum absolute atomic E-state index is 11.4. The Morgan fingerprint density at radius 1 is 1.14 bits per heavy atom. The summed E-state index contributed by atoms with van der Waals surface area (Å²) in [4.78, 5) is 30.0. The van der Waals surface area contributed by atoms with Gasteiger partial charge < -0.3 is 0 Å². The summed E-state index contributed by atoms with van der Waals surface area (Å²) in [6, 6.07) is 0. The molecular weight excluding hydrogens is 180 g/mol. The Labute approximate surface area is 82.4 Å². The van der Waals surface area contributed by atoms with E-state index in [1.54, 1.807) is 13.8 Å². The smallest absolute Gasteiger partial charge is 0.185 e. The number of carbonyl (C=O) groups excluding carboxylic acids is 2. The molecule has 1 rings (SSSR count). The second-order valence-electron chi connectivity index (χ2n) is 3.36. The highest BCUT2D eigenvalue weighted by atomic mass is 16.1. The van der Waals surface area contributed by atoms with Gasteiger partial charge >= 0.3 is 0 Å². The van der Waals surface area contributed by atoms with E-state index >= 15 is 0 Å². The number of Topliss-reactive ketones (excluding diaryl/α,β-unsaturated/α-hetero) is 2. The third-order valence-corrected chi connectivity index (χ3v) is 1.79. The number of hydrogen-bond acceptors (Lipinski definition) is 4. The molecule has 1 heterocycles. The van der Waals surface area contributed by atoms with Crippen LogP contribution in [0.15, 0.2) is 12.4 Å².